The van der Waals surface area contributed by atoms with Gasteiger partial charge in [-0.05, 0) is 12.8 Å². The summed E-state index contributed by atoms with van der Waals surface area (Å²) in [6, 6.07) is 0. The van der Waals surface area contributed by atoms with Gasteiger partial charge in [-0.1, -0.05) is 19.3 Å². The average Bonchev–Trinajstić information content (AvgIpc) is 2.27. The zero-order valence-electron chi connectivity index (χ0n) is 9.94. The van der Waals surface area contributed by atoms with Gasteiger partial charge in [-0.15, -0.1) is 0 Å². The van der Waals surface area contributed by atoms with Gasteiger partial charge in [0.2, 0.25) is 10.0 Å². The van der Waals surface area contributed by atoms with Crippen LogP contribution in [0.15, 0.2) is 0 Å². The highest BCUT2D eigenvalue weighted by atomic mass is 32.2. The molecule has 2 N–H and O–H groups in total. The number of nitrogens with one attached hydrogen (secondary N) is 1. The van der Waals surface area contributed by atoms with Crippen molar-refractivity contribution < 1.29 is 23.1 Å². The van der Waals surface area contributed by atoms with E-state index in [2.05, 4.69) is 4.72 Å². The molecule has 0 atom stereocenters. The summed E-state index contributed by atoms with van der Waals surface area (Å²) in [5.74, 6) is -1.29. The minimum Gasteiger partial charge on any atom is -0.480 e. The third-order valence-electron chi connectivity index (χ3n) is 3.02. The summed E-state index contributed by atoms with van der Waals surface area (Å²) in [7, 11) is -2.20. The molecule has 0 radical (unpaired) electrons. The van der Waals surface area contributed by atoms with Gasteiger partial charge in [0.05, 0.1) is 12.4 Å². The standard InChI is InChI=1S/C10H19NO5S/c1-16-7-8-17(14,15)11-10(9(12)13)5-3-2-4-6-10/h11H,2-8H2,1H3,(H,12,13). The van der Waals surface area contributed by atoms with E-state index >= 15 is 0 Å². The maximum atomic E-state index is 11.7. The zero-order chi connectivity index (χ0) is 12.9. The van der Waals surface area contributed by atoms with Crippen LogP contribution >= 0.6 is 0 Å². The number of carboxylic acid groups (broad SMARTS) is 1. The Balaban J connectivity index is 2.76. The second-order valence-electron chi connectivity index (χ2n) is 4.36. The van der Waals surface area contributed by atoms with E-state index in [0.29, 0.717) is 12.8 Å². The van der Waals surface area contributed by atoms with Crippen LogP contribution < -0.4 is 4.72 Å². The second-order valence-corrected chi connectivity index (χ2v) is 6.20. The summed E-state index contributed by atoms with van der Waals surface area (Å²) >= 11 is 0. The third kappa shape index (κ3) is 3.93. The van der Waals surface area contributed by atoms with E-state index in [-0.39, 0.29) is 12.4 Å². The molecule has 0 aromatic carbocycles. The highest BCUT2D eigenvalue weighted by Gasteiger charge is 2.42. The highest BCUT2D eigenvalue weighted by Crippen LogP contribution is 2.29. The molecule has 0 heterocycles. The van der Waals surface area contributed by atoms with E-state index in [9.17, 15) is 18.3 Å². The van der Waals surface area contributed by atoms with Crippen LogP contribution in [0.25, 0.3) is 0 Å². The smallest absolute Gasteiger partial charge is 0.324 e. The molecule has 1 rings (SSSR count). The number of hydrogen-bond donors (Lipinski definition) is 2. The summed E-state index contributed by atoms with van der Waals surface area (Å²) in [5, 5.41) is 9.22. The van der Waals surface area contributed by atoms with Crippen LogP contribution in [0.2, 0.25) is 0 Å². The molecule has 1 fully saturated rings. The lowest BCUT2D eigenvalue weighted by atomic mass is 9.83. The van der Waals surface area contributed by atoms with Crippen molar-refractivity contribution in [2.75, 3.05) is 19.5 Å². The minimum atomic E-state index is -3.60. The number of carbonyl (C=O) groups is 1. The van der Waals surface area contributed by atoms with Crippen molar-refractivity contribution in [3.63, 3.8) is 0 Å². The van der Waals surface area contributed by atoms with Crippen LogP contribution in [-0.4, -0.2) is 44.5 Å². The first kappa shape index (κ1) is 14.4. The second kappa shape index (κ2) is 5.79. The number of ether oxygens (including phenoxy) is 1. The zero-order valence-corrected chi connectivity index (χ0v) is 10.8. The van der Waals surface area contributed by atoms with Crippen molar-refractivity contribution in [1.29, 1.82) is 0 Å². The van der Waals surface area contributed by atoms with E-state index in [4.69, 9.17) is 4.74 Å². The van der Waals surface area contributed by atoms with Crippen molar-refractivity contribution in [2.24, 2.45) is 0 Å². The Morgan fingerprint density at radius 2 is 1.94 bits per heavy atom. The number of hydrogen-bond acceptors (Lipinski definition) is 4. The van der Waals surface area contributed by atoms with Gasteiger partial charge < -0.3 is 9.84 Å². The number of rotatable bonds is 6. The molecule has 100 valence electrons. The molecule has 0 amide bonds. The molecular weight excluding hydrogens is 246 g/mol. The van der Waals surface area contributed by atoms with Crippen LogP contribution in [0.5, 0.6) is 0 Å². The molecule has 0 aliphatic heterocycles. The summed E-state index contributed by atoms with van der Waals surface area (Å²) in [5.41, 5.74) is -1.31. The quantitative estimate of drug-likeness (QED) is 0.722. The van der Waals surface area contributed by atoms with Gasteiger partial charge in [-0.2, -0.15) is 4.72 Å². The minimum absolute atomic E-state index is 0.0605. The molecule has 1 aliphatic carbocycles. The number of sulfonamides is 1. The van der Waals surface area contributed by atoms with Crippen LogP contribution in [0.1, 0.15) is 32.1 Å². The molecule has 0 spiro atoms. The molecule has 0 bridgehead atoms. The Bertz CT molecular complexity index is 359. The first-order valence-electron chi connectivity index (χ1n) is 5.66. The Kier molecular flexibility index (Phi) is 4.91. The maximum absolute atomic E-state index is 11.7. The molecule has 0 aromatic rings. The first-order chi connectivity index (χ1) is 7.92. The largest absolute Gasteiger partial charge is 0.480 e. The molecule has 0 aromatic heterocycles. The fraction of sp³-hybridized carbons (Fsp3) is 0.900. The van der Waals surface area contributed by atoms with E-state index < -0.39 is 21.5 Å². The number of aliphatic carboxylic acids is 1. The fourth-order valence-corrected chi connectivity index (χ4v) is 3.43. The van der Waals surface area contributed by atoms with Crippen molar-refractivity contribution in [3.8, 4) is 0 Å². The first-order valence-corrected chi connectivity index (χ1v) is 7.31. The Labute approximate surface area is 101 Å². The number of carboxylic acids is 1. The lowest BCUT2D eigenvalue weighted by molar-refractivity contribution is -0.145. The van der Waals surface area contributed by atoms with Crippen LogP contribution in [0.4, 0.5) is 0 Å². The maximum Gasteiger partial charge on any atom is 0.324 e. The molecule has 7 heteroatoms. The summed E-state index contributed by atoms with van der Waals surface area (Å²) in [6.07, 6.45) is 3.14. The van der Waals surface area contributed by atoms with Gasteiger partial charge in [0.15, 0.2) is 0 Å². The number of methoxy groups -OCH3 is 1. The van der Waals surface area contributed by atoms with E-state index in [1.807, 2.05) is 0 Å². The average molecular weight is 265 g/mol. The van der Waals surface area contributed by atoms with E-state index in [0.717, 1.165) is 19.3 Å². The Morgan fingerprint density at radius 1 is 1.35 bits per heavy atom. The monoisotopic (exact) mass is 265 g/mol. The molecule has 0 saturated heterocycles. The van der Waals surface area contributed by atoms with Gasteiger partial charge in [-0.25, -0.2) is 8.42 Å². The molecule has 0 unspecified atom stereocenters. The summed E-state index contributed by atoms with van der Waals surface area (Å²) < 4.78 is 30.5. The van der Waals surface area contributed by atoms with Gasteiger partial charge >= 0.3 is 5.97 Å². The molecule has 1 aliphatic rings. The fourth-order valence-electron chi connectivity index (χ4n) is 2.06. The van der Waals surface area contributed by atoms with Crippen molar-refractivity contribution in [3.05, 3.63) is 0 Å². The van der Waals surface area contributed by atoms with Crippen LogP contribution in [0, 0.1) is 0 Å². The third-order valence-corrected chi connectivity index (χ3v) is 4.43. The van der Waals surface area contributed by atoms with E-state index in [1.54, 1.807) is 0 Å². The lowest BCUT2D eigenvalue weighted by Gasteiger charge is -2.33. The molecule has 6 nitrogen and oxygen atoms in total. The molecule has 17 heavy (non-hydrogen) atoms. The summed E-state index contributed by atoms with van der Waals surface area (Å²) in [6.45, 7) is 0.0605. The highest BCUT2D eigenvalue weighted by molar-refractivity contribution is 7.89. The van der Waals surface area contributed by atoms with Crippen LogP contribution in [0.3, 0.4) is 0 Å². The van der Waals surface area contributed by atoms with Crippen molar-refractivity contribution >= 4 is 16.0 Å². The Hall–Kier alpha value is -0.660. The van der Waals surface area contributed by atoms with Gasteiger partial charge in [0.1, 0.15) is 5.54 Å². The van der Waals surface area contributed by atoms with Crippen molar-refractivity contribution in [1.82, 2.24) is 4.72 Å². The topological polar surface area (TPSA) is 92.7 Å². The molecular formula is C10H19NO5S. The Morgan fingerprint density at radius 3 is 2.41 bits per heavy atom. The van der Waals surface area contributed by atoms with Gasteiger partial charge in [-0.3, -0.25) is 4.79 Å². The SMILES string of the molecule is COCCS(=O)(=O)NC1(C(=O)O)CCCCC1. The molecule has 1 saturated carbocycles. The van der Waals surface area contributed by atoms with E-state index in [1.165, 1.54) is 7.11 Å². The lowest BCUT2D eigenvalue weighted by Crippen LogP contribution is -2.56. The normalized spacial score (nSPS) is 20.1. The van der Waals surface area contributed by atoms with Crippen molar-refractivity contribution in [2.45, 2.75) is 37.6 Å². The predicted octanol–water partition coefficient (Wildman–Crippen LogP) is 0.340. The van der Waals surface area contributed by atoms with Gasteiger partial charge in [0.25, 0.3) is 0 Å². The predicted molar refractivity (Wildman–Crippen MR) is 62.3 cm³/mol. The van der Waals surface area contributed by atoms with Gasteiger partial charge in [0, 0.05) is 7.11 Å². The summed E-state index contributed by atoms with van der Waals surface area (Å²) in [4.78, 5) is 11.3. The van der Waals surface area contributed by atoms with Crippen LogP contribution in [-0.2, 0) is 19.6 Å².